The number of benzene rings is 2. The summed E-state index contributed by atoms with van der Waals surface area (Å²) in [6, 6.07) is 17.5. The van der Waals surface area contributed by atoms with E-state index in [0.29, 0.717) is 0 Å². The molecule has 2 aromatic carbocycles. The van der Waals surface area contributed by atoms with Gasteiger partial charge < -0.3 is 9.47 Å². The molecule has 18 heavy (non-hydrogen) atoms. The molecule has 0 fully saturated rings. The van der Waals surface area contributed by atoms with Gasteiger partial charge in [-0.25, -0.2) is 0 Å². The SMILES string of the molecule is CCC(C)Oc1ccccc1Oc1ccccc1. The van der Waals surface area contributed by atoms with Crippen molar-refractivity contribution in [1.82, 2.24) is 0 Å². The second-order valence-corrected chi connectivity index (χ2v) is 4.20. The lowest BCUT2D eigenvalue weighted by Crippen LogP contribution is -2.10. The minimum Gasteiger partial charge on any atom is -0.487 e. The summed E-state index contributed by atoms with van der Waals surface area (Å²) in [6.07, 6.45) is 1.16. The third kappa shape index (κ3) is 3.27. The first kappa shape index (κ1) is 12.5. The Labute approximate surface area is 108 Å². The fourth-order valence-electron chi connectivity index (χ4n) is 1.55. The summed E-state index contributed by atoms with van der Waals surface area (Å²) >= 11 is 0. The van der Waals surface area contributed by atoms with Crippen LogP contribution in [0.3, 0.4) is 0 Å². The van der Waals surface area contributed by atoms with E-state index < -0.39 is 0 Å². The van der Waals surface area contributed by atoms with E-state index in [1.807, 2.05) is 54.6 Å². The molecule has 2 aromatic rings. The first-order valence-electron chi connectivity index (χ1n) is 6.28. The van der Waals surface area contributed by atoms with Crippen LogP contribution in [0, 0.1) is 0 Å². The molecule has 2 rings (SSSR count). The van der Waals surface area contributed by atoms with E-state index in [2.05, 4.69) is 13.8 Å². The van der Waals surface area contributed by atoms with Crippen molar-refractivity contribution < 1.29 is 9.47 Å². The normalized spacial score (nSPS) is 11.9. The predicted octanol–water partition coefficient (Wildman–Crippen LogP) is 4.66. The second kappa shape index (κ2) is 6.10. The van der Waals surface area contributed by atoms with Gasteiger partial charge in [0.05, 0.1) is 6.10 Å². The fourth-order valence-corrected chi connectivity index (χ4v) is 1.55. The summed E-state index contributed by atoms with van der Waals surface area (Å²) in [7, 11) is 0. The van der Waals surface area contributed by atoms with Crippen LogP contribution in [0.25, 0.3) is 0 Å². The second-order valence-electron chi connectivity index (χ2n) is 4.20. The van der Waals surface area contributed by atoms with Crippen molar-refractivity contribution in [2.24, 2.45) is 0 Å². The molecule has 0 spiro atoms. The summed E-state index contributed by atoms with van der Waals surface area (Å²) < 4.78 is 11.7. The van der Waals surface area contributed by atoms with Crippen LogP contribution in [0.1, 0.15) is 20.3 Å². The zero-order valence-electron chi connectivity index (χ0n) is 10.8. The smallest absolute Gasteiger partial charge is 0.169 e. The Kier molecular flexibility index (Phi) is 4.24. The highest BCUT2D eigenvalue weighted by molar-refractivity contribution is 5.42. The average molecular weight is 242 g/mol. The molecule has 2 nitrogen and oxygen atoms in total. The molecule has 0 radical (unpaired) electrons. The highest BCUT2D eigenvalue weighted by atomic mass is 16.5. The molecule has 0 aliphatic heterocycles. The summed E-state index contributed by atoms with van der Waals surface area (Å²) in [5, 5.41) is 0. The van der Waals surface area contributed by atoms with Crippen LogP contribution < -0.4 is 9.47 Å². The number of para-hydroxylation sites is 3. The maximum Gasteiger partial charge on any atom is 0.169 e. The van der Waals surface area contributed by atoms with E-state index in [4.69, 9.17) is 9.47 Å². The van der Waals surface area contributed by atoms with Gasteiger partial charge in [0.1, 0.15) is 5.75 Å². The van der Waals surface area contributed by atoms with Gasteiger partial charge in [0.25, 0.3) is 0 Å². The fraction of sp³-hybridized carbons (Fsp3) is 0.250. The van der Waals surface area contributed by atoms with E-state index in [9.17, 15) is 0 Å². The third-order valence-corrected chi connectivity index (χ3v) is 2.72. The molecule has 0 heterocycles. The lowest BCUT2D eigenvalue weighted by atomic mass is 10.3. The summed E-state index contributed by atoms with van der Waals surface area (Å²) in [4.78, 5) is 0. The van der Waals surface area contributed by atoms with Crippen LogP contribution >= 0.6 is 0 Å². The molecule has 0 aliphatic carbocycles. The lowest BCUT2D eigenvalue weighted by Gasteiger charge is -2.16. The molecule has 0 bridgehead atoms. The van der Waals surface area contributed by atoms with E-state index in [0.717, 1.165) is 23.7 Å². The van der Waals surface area contributed by atoms with Crippen molar-refractivity contribution in [3.63, 3.8) is 0 Å². The first-order chi connectivity index (χ1) is 8.79. The van der Waals surface area contributed by atoms with E-state index in [-0.39, 0.29) is 6.10 Å². The minimum absolute atomic E-state index is 0.186. The van der Waals surface area contributed by atoms with Crippen LogP contribution in [0.2, 0.25) is 0 Å². The molecule has 0 saturated heterocycles. The van der Waals surface area contributed by atoms with Crippen LogP contribution in [-0.4, -0.2) is 6.10 Å². The molecule has 0 amide bonds. The van der Waals surface area contributed by atoms with Gasteiger partial charge in [-0.2, -0.15) is 0 Å². The minimum atomic E-state index is 0.186. The molecular formula is C16H18O2. The van der Waals surface area contributed by atoms with Gasteiger partial charge in [-0.15, -0.1) is 0 Å². The zero-order valence-corrected chi connectivity index (χ0v) is 10.8. The van der Waals surface area contributed by atoms with E-state index in [1.165, 1.54) is 0 Å². The molecule has 0 aliphatic rings. The highest BCUT2D eigenvalue weighted by Crippen LogP contribution is 2.31. The molecular weight excluding hydrogens is 224 g/mol. The third-order valence-electron chi connectivity index (χ3n) is 2.72. The number of ether oxygens (including phenoxy) is 2. The molecule has 1 atom stereocenters. The van der Waals surface area contributed by atoms with Crippen LogP contribution in [-0.2, 0) is 0 Å². The van der Waals surface area contributed by atoms with Gasteiger partial charge in [-0.1, -0.05) is 37.3 Å². The van der Waals surface area contributed by atoms with E-state index >= 15 is 0 Å². The van der Waals surface area contributed by atoms with Gasteiger partial charge >= 0.3 is 0 Å². The van der Waals surface area contributed by atoms with Gasteiger partial charge in [-0.3, -0.25) is 0 Å². The summed E-state index contributed by atoms with van der Waals surface area (Å²) in [6.45, 7) is 4.16. The first-order valence-corrected chi connectivity index (χ1v) is 6.28. The van der Waals surface area contributed by atoms with Gasteiger partial charge in [-0.05, 0) is 37.6 Å². The Balaban J connectivity index is 2.17. The van der Waals surface area contributed by atoms with Crippen molar-refractivity contribution in [2.45, 2.75) is 26.4 Å². The molecule has 0 saturated carbocycles. The lowest BCUT2D eigenvalue weighted by molar-refractivity contribution is 0.210. The molecule has 2 heteroatoms. The summed E-state index contributed by atoms with van der Waals surface area (Å²) in [5.74, 6) is 2.36. The Morgan fingerprint density at radius 1 is 0.889 bits per heavy atom. The number of hydrogen-bond donors (Lipinski definition) is 0. The van der Waals surface area contributed by atoms with Crippen molar-refractivity contribution in [3.05, 3.63) is 54.6 Å². The molecule has 0 aromatic heterocycles. The Bertz CT molecular complexity index is 479. The van der Waals surface area contributed by atoms with Gasteiger partial charge in [0.15, 0.2) is 11.5 Å². The average Bonchev–Trinajstić information content (AvgIpc) is 2.42. The maximum atomic E-state index is 5.84. The molecule has 94 valence electrons. The van der Waals surface area contributed by atoms with Gasteiger partial charge in [0, 0.05) is 0 Å². The molecule has 0 N–H and O–H groups in total. The van der Waals surface area contributed by atoms with Crippen molar-refractivity contribution in [3.8, 4) is 17.2 Å². The van der Waals surface area contributed by atoms with Crippen molar-refractivity contribution >= 4 is 0 Å². The summed E-state index contributed by atoms with van der Waals surface area (Å²) in [5.41, 5.74) is 0. The quantitative estimate of drug-likeness (QED) is 0.759. The Morgan fingerprint density at radius 2 is 1.50 bits per heavy atom. The highest BCUT2D eigenvalue weighted by Gasteiger charge is 2.08. The topological polar surface area (TPSA) is 18.5 Å². The van der Waals surface area contributed by atoms with Crippen LogP contribution in [0.4, 0.5) is 0 Å². The van der Waals surface area contributed by atoms with Crippen molar-refractivity contribution in [2.75, 3.05) is 0 Å². The number of rotatable bonds is 5. The monoisotopic (exact) mass is 242 g/mol. The van der Waals surface area contributed by atoms with E-state index in [1.54, 1.807) is 0 Å². The predicted molar refractivity (Wildman–Crippen MR) is 73.3 cm³/mol. The molecule has 1 unspecified atom stereocenters. The Morgan fingerprint density at radius 3 is 2.17 bits per heavy atom. The van der Waals surface area contributed by atoms with Crippen LogP contribution in [0.15, 0.2) is 54.6 Å². The Hall–Kier alpha value is -1.96. The zero-order chi connectivity index (χ0) is 12.8. The van der Waals surface area contributed by atoms with Gasteiger partial charge in [0.2, 0.25) is 0 Å². The number of hydrogen-bond acceptors (Lipinski definition) is 2. The van der Waals surface area contributed by atoms with Crippen molar-refractivity contribution in [1.29, 1.82) is 0 Å². The standard InChI is InChI=1S/C16H18O2/c1-3-13(2)17-15-11-7-8-12-16(15)18-14-9-5-4-6-10-14/h4-13H,3H2,1-2H3. The maximum absolute atomic E-state index is 5.84. The van der Waals surface area contributed by atoms with Crippen LogP contribution in [0.5, 0.6) is 17.2 Å². The largest absolute Gasteiger partial charge is 0.487 e.